The Morgan fingerprint density at radius 2 is 1.77 bits per heavy atom. The van der Waals surface area contributed by atoms with Crippen LogP contribution in [0.2, 0.25) is 0 Å². The first-order valence-corrected chi connectivity index (χ1v) is 9.68. The lowest BCUT2D eigenvalue weighted by atomic mass is 10.2. The van der Waals surface area contributed by atoms with E-state index >= 15 is 0 Å². The van der Waals surface area contributed by atoms with Crippen LogP contribution < -0.4 is 10.1 Å². The van der Waals surface area contributed by atoms with Gasteiger partial charge in [-0.25, -0.2) is 4.68 Å². The largest absolute Gasteiger partial charge is 0.484 e. The molecular formula is C19H17N3O3S. The molecule has 1 aliphatic rings. The smallest absolute Gasteiger partial charge is 0.263 e. The van der Waals surface area contributed by atoms with Crippen LogP contribution in [0, 0.1) is 0 Å². The van der Waals surface area contributed by atoms with Crippen LogP contribution in [0.1, 0.15) is 11.3 Å². The van der Waals surface area contributed by atoms with E-state index < -0.39 is 10.8 Å². The first-order chi connectivity index (χ1) is 12.7. The van der Waals surface area contributed by atoms with Gasteiger partial charge in [0.05, 0.1) is 22.9 Å². The molecule has 1 atom stereocenters. The monoisotopic (exact) mass is 367 g/mol. The van der Waals surface area contributed by atoms with Crippen molar-refractivity contribution >= 4 is 22.5 Å². The fourth-order valence-corrected chi connectivity index (χ4v) is 4.11. The molecule has 2 heterocycles. The highest BCUT2D eigenvalue weighted by Gasteiger charge is 2.28. The Hall–Kier alpha value is -2.93. The number of nitrogens with one attached hydrogen (secondary N) is 1. The summed E-state index contributed by atoms with van der Waals surface area (Å²) < 4.78 is 19.1. The fourth-order valence-electron chi connectivity index (χ4n) is 2.85. The van der Waals surface area contributed by atoms with E-state index in [2.05, 4.69) is 10.4 Å². The number of ether oxygens (including phenoxy) is 1. The normalized spacial score (nSPS) is 15.5. The molecule has 1 aromatic heterocycles. The summed E-state index contributed by atoms with van der Waals surface area (Å²) in [4.78, 5) is 12.4. The van der Waals surface area contributed by atoms with Crippen LogP contribution in [-0.2, 0) is 27.1 Å². The van der Waals surface area contributed by atoms with Crippen LogP contribution >= 0.6 is 0 Å². The van der Waals surface area contributed by atoms with Gasteiger partial charge in [0.25, 0.3) is 5.91 Å². The maximum absolute atomic E-state index is 12.4. The maximum atomic E-state index is 12.4. The van der Waals surface area contributed by atoms with Gasteiger partial charge in [-0.15, -0.1) is 0 Å². The van der Waals surface area contributed by atoms with E-state index in [-0.39, 0.29) is 12.5 Å². The predicted molar refractivity (Wildman–Crippen MR) is 99.7 cm³/mol. The highest BCUT2D eigenvalue weighted by atomic mass is 32.2. The lowest BCUT2D eigenvalue weighted by Gasteiger charge is -2.11. The standard InChI is InChI=1S/C19H17N3O3S/c23-18(11-25-15-9-5-2-6-10-15)20-19-16-12-26(24)13-17(16)21-22(19)14-7-3-1-4-8-14/h1-10H,11-13H2,(H,20,23)/t26-/m0/s1. The number of para-hydroxylation sites is 2. The van der Waals surface area contributed by atoms with Crippen molar-refractivity contribution in [1.29, 1.82) is 0 Å². The lowest BCUT2D eigenvalue weighted by Crippen LogP contribution is -2.22. The molecule has 0 unspecified atom stereocenters. The highest BCUT2D eigenvalue weighted by Crippen LogP contribution is 2.31. The molecule has 132 valence electrons. The van der Waals surface area contributed by atoms with E-state index in [4.69, 9.17) is 4.74 Å². The highest BCUT2D eigenvalue weighted by molar-refractivity contribution is 7.83. The zero-order chi connectivity index (χ0) is 17.9. The number of fused-ring (bicyclic) bond motifs is 1. The molecule has 0 spiro atoms. The predicted octanol–water partition coefficient (Wildman–Crippen LogP) is 2.65. The Bertz CT molecular complexity index is 955. The Morgan fingerprint density at radius 3 is 2.50 bits per heavy atom. The van der Waals surface area contributed by atoms with E-state index in [9.17, 15) is 9.00 Å². The number of carbonyl (C=O) groups excluding carboxylic acids is 1. The van der Waals surface area contributed by atoms with Crippen LogP contribution in [0.25, 0.3) is 5.69 Å². The average Bonchev–Trinajstić information content (AvgIpc) is 3.19. The molecule has 1 N–H and O–H groups in total. The van der Waals surface area contributed by atoms with Crippen molar-refractivity contribution < 1.29 is 13.7 Å². The van der Waals surface area contributed by atoms with E-state index in [1.54, 1.807) is 16.8 Å². The minimum absolute atomic E-state index is 0.109. The van der Waals surface area contributed by atoms with Crippen molar-refractivity contribution in [2.24, 2.45) is 0 Å². The second-order valence-electron chi connectivity index (χ2n) is 5.90. The van der Waals surface area contributed by atoms with Gasteiger partial charge in [-0.3, -0.25) is 9.00 Å². The van der Waals surface area contributed by atoms with Gasteiger partial charge in [0, 0.05) is 16.4 Å². The molecule has 0 bridgehead atoms. The average molecular weight is 367 g/mol. The molecule has 0 radical (unpaired) electrons. The van der Waals surface area contributed by atoms with Gasteiger partial charge in [0.15, 0.2) is 6.61 Å². The zero-order valence-corrected chi connectivity index (χ0v) is 14.7. The summed E-state index contributed by atoms with van der Waals surface area (Å²) in [5.41, 5.74) is 2.44. The number of carbonyl (C=O) groups is 1. The molecule has 1 amide bonds. The van der Waals surface area contributed by atoms with Gasteiger partial charge in [-0.2, -0.15) is 5.10 Å². The maximum Gasteiger partial charge on any atom is 0.263 e. The van der Waals surface area contributed by atoms with E-state index in [1.165, 1.54) is 0 Å². The molecule has 0 saturated carbocycles. The summed E-state index contributed by atoms with van der Waals surface area (Å²) in [5.74, 6) is 1.73. The van der Waals surface area contributed by atoms with Crippen LogP contribution in [0.5, 0.6) is 5.75 Å². The van der Waals surface area contributed by atoms with Crippen LogP contribution in [0.3, 0.4) is 0 Å². The van der Waals surface area contributed by atoms with E-state index in [0.29, 0.717) is 23.1 Å². The van der Waals surface area contributed by atoms with Crippen LogP contribution in [0.15, 0.2) is 60.7 Å². The molecular weight excluding hydrogens is 350 g/mol. The third kappa shape index (κ3) is 3.39. The van der Waals surface area contributed by atoms with Gasteiger partial charge < -0.3 is 10.1 Å². The van der Waals surface area contributed by atoms with Gasteiger partial charge >= 0.3 is 0 Å². The number of anilines is 1. The summed E-state index contributed by atoms with van der Waals surface area (Å²) in [5, 5.41) is 7.43. The number of rotatable bonds is 5. The van der Waals surface area contributed by atoms with Crippen LogP contribution in [-0.4, -0.2) is 26.5 Å². The summed E-state index contributed by atoms with van der Waals surface area (Å²) in [7, 11) is -0.970. The number of hydrogen-bond donors (Lipinski definition) is 1. The molecule has 2 aromatic carbocycles. The number of nitrogens with zero attached hydrogens (tertiary/aromatic N) is 2. The van der Waals surface area contributed by atoms with Crippen molar-refractivity contribution in [3.05, 3.63) is 71.9 Å². The number of benzene rings is 2. The van der Waals surface area contributed by atoms with E-state index in [0.717, 1.165) is 16.9 Å². The van der Waals surface area contributed by atoms with Crippen LogP contribution in [0.4, 0.5) is 5.82 Å². The summed E-state index contributed by atoms with van der Waals surface area (Å²) in [6, 6.07) is 18.7. The zero-order valence-electron chi connectivity index (χ0n) is 13.9. The molecule has 1 aliphatic heterocycles. The first kappa shape index (κ1) is 16.5. The molecule has 4 rings (SSSR count). The quantitative estimate of drug-likeness (QED) is 0.752. The van der Waals surface area contributed by atoms with Gasteiger partial charge in [0.2, 0.25) is 0 Å². The van der Waals surface area contributed by atoms with Crippen molar-refractivity contribution in [2.75, 3.05) is 11.9 Å². The number of hydrogen-bond acceptors (Lipinski definition) is 4. The molecule has 0 fully saturated rings. The van der Waals surface area contributed by atoms with Gasteiger partial charge in [0.1, 0.15) is 11.6 Å². The number of aromatic nitrogens is 2. The third-order valence-corrected chi connectivity index (χ3v) is 5.25. The molecule has 0 saturated heterocycles. The SMILES string of the molecule is O=C(COc1ccccc1)Nc1c2c(nn1-c1ccccc1)C[S@@](=O)C2. The van der Waals surface area contributed by atoms with Crippen molar-refractivity contribution in [1.82, 2.24) is 9.78 Å². The Morgan fingerprint density at radius 1 is 1.08 bits per heavy atom. The second kappa shape index (κ2) is 7.13. The number of amides is 1. The lowest BCUT2D eigenvalue weighted by molar-refractivity contribution is -0.118. The van der Waals surface area contributed by atoms with Crippen molar-refractivity contribution in [3.8, 4) is 11.4 Å². The third-order valence-electron chi connectivity index (χ3n) is 4.04. The fraction of sp³-hybridized carbons (Fsp3) is 0.158. The molecule has 3 aromatic rings. The molecule has 7 heteroatoms. The second-order valence-corrected chi connectivity index (χ2v) is 7.36. The Kier molecular flexibility index (Phi) is 4.53. The van der Waals surface area contributed by atoms with Crippen molar-refractivity contribution in [3.63, 3.8) is 0 Å². The molecule has 6 nitrogen and oxygen atoms in total. The minimum Gasteiger partial charge on any atom is -0.484 e. The van der Waals surface area contributed by atoms with Crippen molar-refractivity contribution in [2.45, 2.75) is 11.5 Å². The van der Waals surface area contributed by atoms with Gasteiger partial charge in [-0.05, 0) is 24.3 Å². The summed E-state index contributed by atoms with van der Waals surface area (Å²) >= 11 is 0. The Balaban J connectivity index is 1.57. The first-order valence-electron chi connectivity index (χ1n) is 8.19. The molecule has 0 aliphatic carbocycles. The minimum atomic E-state index is -0.970. The van der Waals surface area contributed by atoms with E-state index in [1.807, 2.05) is 48.5 Å². The summed E-state index contributed by atoms with van der Waals surface area (Å²) in [6.07, 6.45) is 0. The van der Waals surface area contributed by atoms with Gasteiger partial charge in [-0.1, -0.05) is 36.4 Å². The molecule has 26 heavy (non-hydrogen) atoms. The Labute approximate surface area is 153 Å². The topological polar surface area (TPSA) is 73.2 Å². The summed E-state index contributed by atoms with van der Waals surface area (Å²) in [6.45, 7) is -0.109.